The summed E-state index contributed by atoms with van der Waals surface area (Å²) in [6.07, 6.45) is 4.92. The van der Waals surface area contributed by atoms with Gasteiger partial charge in [0.25, 0.3) is 5.91 Å². The minimum Gasteiger partial charge on any atom is -0.378 e. The van der Waals surface area contributed by atoms with Crippen LogP contribution >= 0.6 is 0 Å². The first-order valence-electron chi connectivity index (χ1n) is 14.0. The summed E-state index contributed by atoms with van der Waals surface area (Å²) < 4.78 is 21.1. The summed E-state index contributed by atoms with van der Waals surface area (Å²) in [4.78, 5) is 46.1. The summed E-state index contributed by atoms with van der Waals surface area (Å²) in [5, 5.41) is 6.17. The molecule has 0 radical (unpaired) electrons. The number of morpholine rings is 1. The summed E-state index contributed by atoms with van der Waals surface area (Å²) in [7, 11) is 3.33. The smallest absolute Gasteiger partial charge is 0.323 e. The number of urea groups is 1. The van der Waals surface area contributed by atoms with Crippen LogP contribution in [0.3, 0.4) is 0 Å². The molecule has 0 unspecified atom stereocenters. The lowest BCUT2D eigenvalue weighted by Crippen LogP contribution is -2.37. The molecule has 44 heavy (non-hydrogen) atoms. The molecule has 1 saturated heterocycles. The first-order valence-corrected chi connectivity index (χ1v) is 14.0. The molecule has 1 aliphatic rings. The molecule has 5 aromatic rings. The molecule has 0 spiro atoms. The fourth-order valence-electron chi connectivity index (χ4n) is 4.90. The van der Waals surface area contributed by atoms with E-state index in [1.807, 2.05) is 18.2 Å². The Balaban J connectivity index is 1.27. The second kappa shape index (κ2) is 12.4. The molecule has 0 saturated carbocycles. The molecular formula is C32H29FN8O3. The van der Waals surface area contributed by atoms with Gasteiger partial charge in [0.05, 0.1) is 24.3 Å². The van der Waals surface area contributed by atoms with Gasteiger partial charge < -0.3 is 25.2 Å². The number of rotatable bonds is 6. The number of carbonyl (C=O) groups is 2. The quantitative estimate of drug-likeness (QED) is 0.280. The maximum Gasteiger partial charge on any atom is 0.323 e. The predicted molar refractivity (Wildman–Crippen MR) is 166 cm³/mol. The van der Waals surface area contributed by atoms with E-state index >= 15 is 4.39 Å². The number of nitrogens with zero attached hydrogens (tertiary/aromatic N) is 6. The maximum atomic E-state index is 15.6. The number of benzene rings is 3. The first-order chi connectivity index (χ1) is 21.4. The van der Waals surface area contributed by atoms with Crippen molar-refractivity contribution in [1.29, 1.82) is 0 Å². The van der Waals surface area contributed by atoms with Gasteiger partial charge in [0.2, 0.25) is 0 Å². The third-order valence-electron chi connectivity index (χ3n) is 7.15. The van der Waals surface area contributed by atoms with Crippen molar-refractivity contribution in [2.75, 3.05) is 55.9 Å². The maximum absolute atomic E-state index is 15.6. The van der Waals surface area contributed by atoms with Crippen molar-refractivity contribution < 1.29 is 18.7 Å². The Labute approximate surface area is 252 Å². The molecule has 11 nitrogen and oxygen atoms in total. The van der Waals surface area contributed by atoms with Gasteiger partial charge in [-0.1, -0.05) is 6.07 Å². The number of carbonyl (C=O) groups excluding carboxylic acids is 2. The van der Waals surface area contributed by atoms with Crippen molar-refractivity contribution in [3.05, 3.63) is 90.8 Å². The number of halogens is 1. The van der Waals surface area contributed by atoms with E-state index in [1.165, 1.54) is 17.3 Å². The van der Waals surface area contributed by atoms with Crippen LogP contribution < -0.4 is 15.5 Å². The Morgan fingerprint density at radius 3 is 2.27 bits per heavy atom. The number of aromatic nitrogens is 4. The van der Waals surface area contributed by atoms with E-state index in [-0.39, 0.29) is 23.0 Å². The van der Waals surface area contributed by atoms with Crippen LogP contribution in [-0.2, 0) is 4.74 Å². The summed E-state index contributed by atoms with van der Waals surface area (Å²) in [5.74, 6) is 0.189. The van der Waals surface area contributed by atoms with Gasteiger partial charge in [0.1, 0.15) is 18.0 Å². The summed E-state index contributed by atoms with van der Waals surface area (Å²) in [5.41, 5.74) is 3.79. The van der Waals surface area contributed by atoms with Crippen molar-refractivity contribution >= 4 is 40.0 Å². The summed E-state index contributed by atoms with van der Waals surface area (Å²) >= 11 is 0. The zero-order valence-corrected chi connectivity index (χ0v) is 24.1. The molecule has 0 bridgehead atoms. The fourth-order valence-corrected chi connectivity index (χ4v) is 4.90. The van der Waals surface area contributed by atoms with Crippen molar-refractivity contribution in [2.24, 2.45) is 0 Å². The van der Waals surface area contributed by atoms with Gasteiger partial charge >= 0.3 is 6.03 Å². The van der Waals surface area contributed by atoms with Gasteiger partial charge in [-0.2, -0.15) is 0 Å². The van der Waals surface area contributed by atoms with E-state index < -0.39 is 11.8 Å². The zero-order chi connectivity index (χ0) is 30.6. The average molecular weight is 593 g/mol. The number of hydrogen-bond donors (Lipinski definition) is 2. The Kier molecular flexibility index (Phi) is 8.06. The van der Waals surface area contributed by atoms with Crippen LogP contribution in [0.5, 0.6) is 0 Å². The van der Waals surface area contributed by atoms with Crippen LogP contribution in [-0.4, -0.2) is 77.2 Å². The molecule has 6 rings (SSSR count). The van der Waals surface area contributed by atoms with Crippen molar-refractivity contribution in [2.45, 2.75) is 0 Å². The van der Waals surface area contributed by atoms with Gasteiger partial charge in [-0.05, 0) is 60.2 Å². The van der Waals surface area contributed by atoms with Crippen LogP contribution in [0, 0.1) is 5.82 Å². The van der Waals surface area contributed by atoms with Crippen LogP contribution in [0.1, 0.15) is 10.4 Å². The van der Waals surface area contributed by atoms with E-state index in [0.29, 0.717) is 48.9 Å². The molecule has 0 aliphatic carbocycles. The van der Waals surface area contributed by atoms with Gasteiger partial charge in [0.15, 0.2) is 5.82 Å². The number of anilines is 3. The lowest BCUT2D eigenvalue weighted by atomic mass is 10.1. The standard InChI is InChI=1S/C32H29FN8O3/c1-40(2)31(42)20-3-6-23(7-4-20)36-32(43)37-24-8-10-25(27(33)16-24)29-38-28-15-21(22-17-34-19-35-18-22)5-9-26(28)30(39-29)41-11-13-44-14-12-41/h3-10,15-19H,11-14H2,1-2H3,(H2,36,37,43). The van der Waals surface area contributed by atoms with E-state index in [1.54, 1.807) is 62.9 Å². The minimum atomic E-state index is -0.589. The monoisotopic (exact) mass is 592 g/mol. The van der Waals surface area contributed by atoms with E-state index in [9.17, 15) is 9.59 Å². The molecule has 222 valence electrons. The number of fused-ring (bicyclic) bond motifs is 1. The second-order valence-corrected chi connectivity index (χ2v) is 10.4. The summed E-state index contributed by atoms with van der Waals surface area (Å²) in [6, 6.07) is 16.2. The van der Waals surface area contributed by atoms with Gasteiger partial charge in [-0.15, -0.1) is 0 Å². The Morgan fingerprint density at radius 2 is 1.57 bits per heavy atom. The van der Waals surface area contributed by atoms with Crippen LogP contribution in [0.15, 0.2) is 79.4 Å². The van der Waals surface area contributed by atoms with Gasteiger partial charge in [0, 0.05) is 67.5 Å². The lowest BCUT2D eigenvalue weighted by Gasteiger charge is -2.29. The molecule has 2 N–H and O–H groups in total. The third-order valence-corrected chi connectivity index (χ3v) is 7.15. The first kappa shape index (κ1) is 28.6. The number of amides is 3. The average Bonchev–Trinajstić information content (AvgIpc) is 3.05. The molecule has 3 heterocycles. The largest absolute Gasteiger partial charge is 0.378 e. The third kappa shape index (κ3) is 6.15. The van der Waals surface area contributed by atoms with Gasteiger partial charge in [-0.3, -0.25) is 4.79 Å². The molecule has 1 fully saturated rings. The van der Waals surface area contributed by atoms with Crippen LogP contribution in [0.25, 0.3) is 33.4 Å². The Morgan fingerprint density at radius 1 is 0.864 bits per heavy atom. The van der Waals surface area contributed by atoms with E-state index in [0.717, 1.165) is 16.5 Å². The SMILES string of the molecule is CN(C)C(=O)c1ccc(NC(=O)Nc2ccc(-c3nc(N4CCOCC4)c4ccc(-c5cncnc5)cc4n3)c(F)c2)cc1. The molecule has 2 aromatic heterocycles. The van der Waals surface area contributed by atoms with Crippen molar-refractivity contribution in [3.8, 4) is 22.5 Å². The highest BCUT2D eigenvalue weighted by atomic mass is 19.1. The molecule has 1 aliphatic heterocycles. The Bertz CT molecular complexity index is 1830. The highest BCUT2D eigenvalue weighted by Gasteiger charge is 2.20. The molecular weight excluding hydrogens is 563 g/mol. The predicted octanol–water partition coefficient (Wildman–Crippen LogP) is 5.08. The molecule has 12 heteroatoms. The molecule has 3 aromatic carbocycles. The number of ether oxygens (including phenoxy) is 1. The number of hydrogen-bond acceptors (Lipinski definition) is 8. The topological polar surface area (TPSA) is 125 Å². The number of nitrogens with one attached hydrogen (secondary N) is 2. The van der Waals surface area contributed by atoms with Crippen LogP contribution in [0.4, 0.5) is 26.4 Å². The highest BCUT2D eigenvalue weighted by molar-refractivity contribution is 6.01. The minimum absolute atomic E-state index is 0.143. The van der Waals surface area contributed by atoms with E-state index in [2.05, 4.69) is 25.5 Å². The zero-order valence-electron chi connectivity index (χ0n) is 24.1. The molecule has 3 amide bonds. The summed E-state index contributed by atoms with van der Waals surface area (Å²) in [6.45, 7) is 2.43. The highest BCUT2D eigenvalue weighted by Crippen LogP contribution is 2.32. The lowest BCUT2D eigenvalue weighted by molar-refractivity contribution is 0.0827. The molecule has 0 atom stereocenters. The van der Waals surface area contributed by atoms with Crippen molar-refractivity contribution in [3.63, 3.8) is 0 Å². The van der Waals surface area contributed by atoms with Crippen molar-refractivity contribution in [1.82, 2.24) is 24.8 Å². The van der Waals surface area contributed by atoms with E-state index in [4.69, 9.17) is 14.7 Å². The normalized spacial score (nSPS) is 13.0. The Hall–Kier alpha value is -5.49. The fraction of sp³-hybridized carbons (Fsp3) is 0.188. The van der Waals surface area contributed by atoms with Crippen LogP contribution in [0.2, 0.25) is 0 Å². The van der Waals surface area contributed by atoms with Gasteiger partial charge in [-0.25, -0.2) is 29.1 Å². The second-order valence-electron chi connectivity index (χ2n) is 10.4.